The minimum Gasteiger partial charge on any atom is -0.510 e. The molecule has 2 rings (SSSR count). The summed E-state index contributed by atoms with van der Waals surface area (Å²) in [6.45, 7) is 5.82. The Balaban J connectivity index is 2.60. The van der Waals surface area contributed by atoms with Gasteiger partial charge in [-0.25, -0.2) is 0 Å². The Morgan fingerprint density at radius 3 is 2.42 bits per heavy atom. The minimum atomic E-state index is -0.602. The van der Waals surface area contributed by atoms with Gasteiger partial charge in [0.25, 0.3) is 0 Å². The van der Waals surface area contributed by atoms with Crippen molar-refractivity contribution in [1.29, 1.82) is 0 Å². The van der Waals surface area contributed by atoms with Crippen LogP contribution in [0.25, 0.3) is 5.57 Å². The van der Waals surface area contributed by atoms with Crippen LogP contribution in [0, 0.1) is 5.92 Å². The summed E-state index contributed by atoms with van der Waals surface area (Å²) in [6.07, 6.45) is 0. The minimum absolute atomic E-state index is 0.0988. The summed E-state index contributed by atoms with van der Waals surface area (Å²) >= 11 is 13.1. The number of aliphatic hydroxyl groups excluding tert-OH is 1. The first-order valence-corrected chi connectivity index (χ1v) is 7.47. The van der Waals surface area contributed by atoms with Gasteiger partial charge < -0.3 is 5.11 Å². The fraction of sp³-hybridized carbons (Fsp3) is 0.357. The zero-order chi connectivity index (χ0) is 14.4. The molecular formula is C14H14Cl2O2S. The maximum absolute atomic E-state index is 12.2. The molecule has 1 heterocycles. The van der Waals surface area contributed by atoms with E-state index >= 15 is 0 Å². The highest BCUT2D eigenvalue weighted by atomic mass is 35.5. The molecule has 1 atom stereocenters. The second-order valence-corrected chi connectivity index (χ2v) is 7.27. The maximum Gasteiger partial charge on any atom is 0.224 e. The van der Waals surface area contributed by atoms with Crippen molar-refractivity contribution in [3.63, 3.8) is 0 Å². The van der Waals surface area contributed by atoms with Crippen LogP contribution in [-0.2, 0) is 4.79 Å². The van der Waals surface area contributed by atoms with Crippen molar-refractivity contribution in [2.24, 2.45) is 5.92 Å². The Morgan fingerprint density at radius 1 is 1.32 bits per heavy atom. The summed E-state index contributed by atoms with van der Waals surface area (Å²) in [6, 6.07) is 4.90. The molecule has 0 radical (unpaired) electrons. The van der Waals surface area contributed by atoms with Crippen LogP contribution in [0.2, 0.25) is 10.0 Å². The van der Waals surface area contributed by atoms with Gasteiger partial charge >= 0.3 is 0 Å². The average Bonchev–Trinajstić information content (AvgIpc) is 2.53. The first kappa shape index (κ1) is 14.8. The molecular weight excluding hydrogens is 303 g/mol. The summed E-state index contributed by atoms with van der Waals surface area (Å²) < 4.78 is -0.602. The van der Waals surface area contributed by atoms with Gasteiger partial charge in [-0.05, 0) is 25.0 Å². The number of halogens is 2. The molecule has 0 saturated carbocycles. The fourth-order valence-electron chi connectivity index (χ4n) is 1.96. The van der Waals surface area contributed by atoms with Gasteiger partial charge in [0.15, 0.2) is 0 Å². The Kier molecular flexibility index (Phi) is 3.92. The van der Waals surface area contributed by atoms with E-state index in [-0.39, 0.29) is 16.8 Å². The van der Waals surface area contributed by atoms with Crippen molar-refractivity contribution in [1.82, 2.24) is 0 Å². The quantitative estimate of drug-likeness (QED) is 0.838. The molecule has 1 aliphatic rings. The van der Waals surface area contributed by atoms with Gasteiger partial charge in [0.05, 0.1) is 15.3 Å². The van der Waals surface area contributed by atoms with E-state index < -0.39 is 4.75 Å². The molecule has 1 aliphatic heterocycles. The highest BCUT2D eigenvalue weighted by molar-refractivity contribution is 8.16. The highest BCUT2D eigenvalue weighted by Crippen LogP contribution is 2.50. The van der Waals surface area contributed by atoms with Gasteiger partial charge in [0.2, 0.25) is 5.12 Å². The molecule has 1 aromatic rings. The number of hydrogen-bond donors (Lipinski definition) is 1. The van der Waals surface area contributed by atoms with Crippen LogP contribution in [0.4, 0.5) is 0 Å². The van der Waals surface area contributed by atoms with Crippen molar-refractivity contribution in [3.05, 3.63) is 39.6 Å². The Labute approximate surface area is 126 Å². The number of benzene rings is 1. The highest BCUT2D eigenvalue weighted by Gasteiger charge is 2.46. The van der Waals surface area contributed by atoms with Gasteiger partial charge in [-0.15, -0.1) is 0 Å². The number of hydrogen-bond acceptors (Lipinski definition) is 3. The number of carbonyl (C=O) groups excluding carboxylic acids is 1. The lowest BCUT2D eigenvalue weighted by Gasteiger charge is -2.26. The van der Waals surface area contributed by atoms with Crippen LogP contribution >= 0.6 is 35.0 Å². The molecule has 0 bridgehead atoms. The fourth-order valence-corrected chi connectivity index (χ4v) is 3.59. The normalized spacial score (nSPS) is 23.6. The summed E-state index contributed by atoms with van der Waals surface area (Å²) in [5.74, 6) is 0.228. The summed E-state index contributed by atoms with van der Waals surface area (Å²) in [7, 11) is 0. The van der Waals surface area contributed by atoms with Gasteiger partial charge in [-0.2, -0.15) is 0 Å². The summed E-state index contributed by atoms with van der Waals surface area (Å²) in [5.41, 5.74) is 0.827. The third-order valence-corrected chi connectivity index (χ3v) is 5.54. The SMILES string of the molecule is CC(C)C1(C)SC(=O)C(c2ccc(Cl)cc2Cl)=C1O. The molecule has 19 heavy (non-hydrogen) atoms. The number of aliphatic hydroxyl groups is 1. The third-order valence-electron chi connectivity index (χ3n) is 3.52. The maximum atomic E-state index is 12.2. The molecule has 0 fully saturated rings. The number of carbonyl (C=O) groups is 1. The summed E-state index contributed by atoms with van der Waals surface area (Å²) in [4.78, 5) is 12.2. The standard InChI is InChI=1S/C14H14Cl2O2S/c1-7(2)14(3)12(17)11(13(18)19-14)9-5-4-8(15)6-10(9)16/h4-7,17H,1-3H3. The Bertz CT molecular complexity index is 581. The number of thioether (sulfide) groups is 1. The largest absolute Gasteiger partial charge is 0.510 e. The topological polar surface area (TPSA) is 37.3 Å². The molecule has 0 saturated heterocycles. The molecule has 0 spiro atoms. The first-order valence-electron chi connectivity index (χ1n) is 5.90. The molecule has 1 aromatic carbocycles. The van der Waals surface area contributed by atoms with E-state index in [0.29, 0.717) is 21.2 Å². The van der Waals surface area contributed by atoms with Crippen LogP contribution in [0.3, 0.4) is 0 Å². The zero-order valence-electron chi connectivity index (χ0n) is 10.8. The monoisotopic (exact) mass is 316 g/mol. The van der Waals surface area contributed by atoms with Crippen LogP contribution in [0.5, 0.6) is 0 Å². The van der Waals surface area contributed by atoms with Gasteiger partial charge in [0, 0.05) is 10.6 Å². The van der Waals surface area contributed by atoms with E-state index in [9.17, 15) is 9.90 Å². The van der Waals surface area contributed by atoms with E-state index in [1.807, 2.05) is 20.8 Å². The van der Waals surface area contributed by atoms with Gasteiger partial charge in [-0.3, -0.25) is 4.79 Å². The average molecular weight is 317 g/mol. The molecule has 1 N–H and O–H groups in total. The van der Waals surface area contributed by atoms with Crippen LogP contribution in [-0.4, -0.2) is 15.0 Å². The summed E-state index contributed by atoms with van der Waals surface area (Å²) in [5, 5.41) is 11.2. The number of rotatable bonds is 2. The van der Waals surface area contributed by atoms with Crippen molar-refractivity contribution >= 4 is 45.7 Å². The molecule has 102 valence electrons. The van der Waals surface area contributed by atoms with Gasteiger partial charge in [0.1, 0.15) is 5.76 Å². The lowest BCUT2D eigenvalue weighted by Crippen LogP contribution is -2.27. The molecule has 0 aliphatic carbocycles. The van der Waals surface area contributed by atoms with Crippen LogP contribution in [0.15, 0.2) is 24.0 Å². The van der Waals surface area contributed by atoms with Crippen molar-refractivity contribution in [3.8, 4) is 0 Å². The first-order chi connectivity index (χ1) is 8.77. The Morgan fingerprint density at radius 2 is 1.95 bits per heavy atom. The lowest BCUT2D eigenvalue weighted by atomic mass is 9.91. The van der Waals surface area contributed by atoms with Crippen molar-refractivity contribution in [2.75, 3.05) is 0 Å². The smallest absolute Gasteiger partial charge is 0.224 e. The molecule has 2 nitrogen and oxygen atoms in total. The van der Waals surface area contributed by atoms with E-state index in [1.54, 1.807) is 18.2 Å². The predicted octanol–water partition coefficient (Wildman–Crippen LogP) is 4.95. The van der Waals surface area contributed by atoms with E-state index in [0.717, 1.165) is 11.8 Å². The van der Waals surface area contributed by atoms with Crippen LogP contribution < -0.4 is 0 Å². The van der Waals surface area contributed by atoms with E-state index in [1.165, 1.54) is 0 Å². The van der Waals surface area contributed by atoms with Crippen molar-refractivity contribution < 1.29 is 9.90 Å². The zero-order valence-corrected chi connectivity index (χ0v) is 13.2. The lowest BCUT2D eigenvalue weighted by molar-refractivity contribution is -0.106. The van der Waals surface area contributed by atoms with Crippen molar-refractivity contribution in [2.45, 2.75) is 25.5 Å². The van der Waals surface area contributed by atoms with Crippen LogP contribution in [0.1, 0.15) is 26.3 Å². The van der Waals surface area contributed by atoms with E-state index in [2.05, 4.69) is 0 Å². The molecule has 1 unspecified atom stereocenters. The van der Waals surface area contributed by atoms with Gasteiger partial charge in [-0.1, -0.05) is 54.9 Å². The predicted molar refractivity (Wildman–Crippen MR) is 81.9 cm³/mol. The second-order valence-electron chi connectivity index (χ2n) is 5.00. The molecule has 0 aromatic heterocycles. The molecule has 0 amide bonds. The second kappa shape index (κ2) is 5.04. The van der Waals surface area contributed by atoms with E-state index in [4.69, 9.17) is 23.2 Å². The molecule has 5 heteroatoms. The Hall–Kier alpha value is -0.640. The third kappa shape index (κ3) is 2.39.